The van der Waals surface area contributed by atoms with Gasteiger partial charge >= 0.3 is 0 Å². The van der Waals surface area contributed by atoms with E-state index in [0.29, 0.717) is 6.54 Å². The molecule has 5 nitrogen and oxygen atoms in total. The van der Waals surface area contributed by atoms with Crippen molar-refractivity contribution >= 4 is 11.6 Å². The van der Waals surface area contributed by atoms with E-state index in [2.05, 4.69) is 40.4 Å². The number of rotatable bonds is 6. The highest BCUT2D eigenvalue weighted by Crippen LogP contribution is 2.22. The lowest BCUT2D eigenvalue weighted by Crippen LogP contribution is -2.45. The minimum atomic E-state index is -0.0150. The molecular formula is C20H31N3O2. The molecule has 1 aromatic carbocycles. The van der Waals surface area contributed by atoms with Crippen LogP contribution in [0, 0.1) is 0 Å². The van der Waals surface area contributed by atoms with Gasteiger partial charge in [-0.25, -0.2) is 0 Å². The molecule has 1 saturated heterocycles. The summed E-state index contributed by atoms with van der Waals surface area (Å²) in [5.41, 5.74) is 2.42. The molecule has 1 aromatic rings. The highest BCUT2D eigenvalue weighted by Gasteiger charge is 2.18. The van der Waals surface area contributed by atoms with Crippen LogP contribution in [0.25, 0.3) is 0 Å². The molecule has 3 rings (SSSR count). The van der Waals surface area contributed by atoms with E-state index >= 15 is 0 Å². The van der Waals surface area contributed by atoms with Crippen LogP contribution in [0.5, 0.6) is 0 Å². The Balaban J connectivity index is 1.48. The van der Waals surface area contributed by atoms with E-state index in [1.807, 2.05) is 6.07 Å². The predicted molar refractivity (Wildman–Crippen MR) is 101 cm³/mol. The SMILES string of the molecule is CN1CCN(c2ccccc2CNC(=O)COC2CCCCC2)CC1. The first kappa shape index (κ1) is 18.2. The van der Waals surface area contributed by atoms with Crippen LogP contribution in [0.4, 0.5) is 5.69 Å². The summed E-state index contributed by atoms with van der Waals surface area (Å²) in [5.74, 6) is -0.0150. The van der Waals surface area contributed by atoms with E-state index in [4.69, 9.17) is 4.74 Å². The van der Waals surface area contributed by atoms with E-state index < -0.39 is 0 Å². The van der Waals surface area contributed by atoms with E-state index in [9.17, 15) is 4.79 Å². The molecule has 0 radical (unpaired) electrons. The van der Waals surface area contributed by atoms with Crippen molar-refractivity contribution in [1.29, 1.82) is 0 Å². The fourth-order valence-electron chi connectivity index (χ4n) is 3.69. The van der Waals surface area contributed by atoms with Gasteiger partial charge in [-0.2, -0.15) is 0 Å². The summed E-state index contributed by atoms with van der Waals surface area (Å²) in [6, 6.07) is 8.38. The Morgan fingerprint density at radius 3 is 2.60 bits per heavy atom. The lowest BCUT2D eigenvalue weighted by Gasteiger charge is -2.35. The van der Waals surface area contributed by atoms with Crippen molar-refractivity contribution in [2.75, 3.05) is 44.7 Å². The van der Waals surface area contributed by atoms with E-state index in [1.54, 1.807) is 0 Å². The maximum Gasteiger partial charge on any atom is 0.246 e. The van der Waals surface area contributed by atoms with Gasteiger partial charge in [-0.05, 0) is 31.5 Å². The molecule has 0 unspecified atom stereocenters. The van der Waals surface area contributed by atoms with Crippen molar-refractivity contribution in [1.82, 2.24) is 10.2 Å². The van der Waals surface area contributed by atoms with Crippen LogP contribution in [0.1, 0.15) is 37.7 Å². The Morgan fingerprint density at radius 2 is 1.84 bits per heavy atom. The van der Waals surface area contributed by atoms with Crippen LogP contribution in [0.15, 0.2) is 24.3 Å². The van der Waals surface area contributed by atoms with Gasteiger partial charge in [-0.1, -0.05) is 37.5 Å². The second-order valence-corrected chi connectivity index (χ2v) is 7.27. The number of ether oxygens (including phenoxy) is 1. The minimum absolute atomic E-state index is 0.0150. The number of para-hydroxylation sites is 1. The normalized spacial score (nSPS) is 19.8. The van der Waals surface area contributed by atoms with Crippen LogP contribution in [0.2, 0.25) is 0 Å². The molecule has 138 valence electrons. The van der Waals surface area contributed by atoms with Gasteiger partial charge in [-0.3, -0.25) is 4.79 Å². The third kappa shape index (κ3) is 5.44. The van der Waals surface area contributed by atoms with Crippen LogP contribution in [-0.4, -0.2) is 56.7 Å². The van der Waals surface area contributed by atoms with Gasteiger partial charge in [-0.15, -0.1) is 0 Å². The summed E-state index contributed by atoms with van der Waals surface area (Å²) in [6.45, 7) is 4.97. The van der Waals surface area contributed by atoms with Gasteiger partial charge in [0.25, 0.3) is 0 Å². The van der Waals surface area contributed by atoms with Crippen molar-refractivity contribution in [2.45, 2.75) is 44.8 Å². The van der Waals surface area contributed by atoms with Gasteiger partial charge in [0.15, 0.2) is 0 Å². The van der Waals surface area contributed by atoms with Gasteiger partial charge < -0.3 is 19.9 Å². The number of nitrogens with one attached hydrogen (secondary N) is 1. The van der Waals surface area contributed by atoms with E-state index in [-0.39, 0.29) is 18.6 Å². The number of likely N-dealkylation sites (N-methyl/N-ethyl adjacent to an activating group) is 1. The Hall–Kier alpha value is -1.59. The van der Waals surface area contributed by atoms with Crippen LogP contribution < -0.4 is 10.2 Å². The molecule has 0 spiro atoms. The molecule has 1 N–H and O–H groups in total. The largest absolute Gasteiger partial charge is 0.369 e. The summed E-state index contributed by atoms with van der Waals surface area (Å²) in [6.07, 6.45) is 6.22. The number of carbonyl (C=O) groups excluding carboxylic acids is 1. The first-order valence-electron chi connectivity index (χ1n) is 9.62. The molecule has 1 heterocycles. The van der Waals surface area contributed by atoms with Gasteiger partial charge in [0, 0.05) is 38.4 Å². The number of anilines is 1. The van der Waals surface area contributed by atoms with Crippen LogP contribution in [-0.2, 0) is 16.1 Å². The van der Waals surface area contributed by atoms with Gasteiger partial charge in [0.1, 0.15) is 6.61 Å². The minimum Gasteiger partial charge on any atom is -0.369 e. The zero-order chi connectivity index (χ0) is 17.5. The third-order valence-corrected chi connectivity index (χ3v) is 5.31. The Labute approximate surface area is 151 Å². The van der Waals surface area contributed by atoms with Gasteiger partial charge in [0.05, 0.1) is 6.10 Å². The van der Waals surface area contributed by atoms with Crippen molar-refractivity contribution in [3.8, 4) is 0 Å². The molecule has 1 saturated carbocycles. The number of benzene rings is 1. The first-order chi connectivity index (χ1) is 12.2. The summed E-state index contributed by atoms with van der Waals surface area (Å²) < 4.78 is 5.76. The molecule has 1 amide bonds. The summed E-state index contributed by atoms with van der Waals surface area (Å²) in [4.78, 5) is 16.9. The van der Waals surface area contributed by atoms with Crippen LogP contribution in [0.3, 0.4) is 0 Å². The molecule has 0 aromatic heterocycles. The first-order valence-corrected chi connectivity index (χ1v) is 9.62. The highest BCUT2D eigenvalue weighted by molar-refractivity contribution is 5.77. The van der Waals surface area contributed by atoms with E-state index in [1.165, 1.54) is 30.5 Å². The third-order valence-electron chi connectivity index (χ3n) is 5.31. The number of hydrogen-bond donors (Lipinski definition) is 1. The highest BCUT2D eigenvalue weighted by atomic mass is 16.5. The maximum absolute atomic E-state index is 12.1. The second-order valence-electron chi connectivity index (χ2n) is 7.27. The summed E-state index contributed by atoms with van der Waals surface area (Å²) in [7, 11) is 2.16. The standard InChI is InChI=1S/C20H31N3O2/c1-22-11-13-23(14-12-22)19-10-6-5-7-17(19)15-21-20(24)16-25-18-8-3-2-4-9-18/h5-7,10,18H,2-4,8-9,11-16H2,1H3,(H,21,24). The van der Waals surface area contributed by atoms with Crippen molar-refractivity contribution < 1.29 is 9.53 Å². The molecule has 0 bridgehead atoms. The van der Waals surface area contributed by atoms with Crippen molar-refractivity contribution in [3.05, 3.63) is 29.8 Å². The summed E-state index contributed by atoms with van der Waals surface area (Å²) >= 11 is 0. The molecule has 25 heavy (non-hydrogen) atoms. The molecule has 0 atom stereocenters. The molecular weight excluding hydrogens is 314 g/mol. The smallest absolute Gasteiger partial charge is 0.246 e. The maximum atomic E-state index is 12.1. The lowest BCUT2D eigenvalue weighted by atomic mass is 9.98. The second kappa shape index (κ2) is 9.20. The Bertz CT molecular complexity index is 550. The number of piperazine rings is 1. The quantitative estimate of drug-likeness (QED) is 0.860. The van der Waals surface area contributed by atoms with Crippen molar-refractivity contribution in [2.24, 2.45) is 0 Å². The number of carbonyl (C=O) groups is 1. The number of nitrogens with zero attached hydrogens (tertiary/aromatic N) is 2. The zero-order valence-corrected chi connectivity index (χ0v) is 15.4. The lowest BCUT2D eigenvalue weighted by molar-refractivity contribution is -0.128. The number of amides is 1. The fourth-order valence-corrected chi connectivity index (χ4v) is 3.69. The molecule has 1 aliphatic carbocycles. The van der Waals surface area contributed by atoms with Crippen molar-refractivity contribution in [3.63, 3.8) is 0 Å². The molecule has 1 aliphatic heterocycles. The van der Waals surface area contributed by atoms with E-state index in [0.717, 1.165) is 39.0 Å². The Morgan fingerprint density at radius 1 is 1.12 bits per heavy atom. The summed E-state index contributed by atoms with van der Waals surface area (Å²) in [5, 5.41) is 3.03. The monoisotopic (exact) mass is 345 g/mol. The zero-order valence-electron chi connectivity index (χ0n) is 15.4. The molecule has 2 aliphatic rings. The predicted octanol–water partition coefficient (Wildman–Crippen LogP) is 2.40. The number of hydrogen-bond acceptors (Lipinski definition) is 4. The molecule has 5 heteroatoms. The topological polar surface area (TPSA) is 44.8 Å². The van der Waals surface area contributed by atoms with Gasteiger partial charge in [0.2, 0.25) is 5.91 Å². The Kier molecular flexibility index (Phi) is 6.70. The molecule has 2 fully saturated rings. The average molecular weight is 345 g/mol. The fraction of sp³-hybridized carbons (Fsp3) is 0.650. The van der Waals surface area contributed by atoms with Crippen LogP contribution >= 0.6 is 0 Å². The average Bonchev–Trinajstić information content (AvgIpc) is 2.66.